The van der Waals surface area contributed by atoms with Crippen LogP contribution in [0.15, 0.2) is 24.3 Å². The van der Waals surface area contributed by atoms with Gasteiger partial charge in [-0.3, -0.25) is 4.79 Å². The highest BCUT2D eigenvalue weighted by atomic mass is 35.5. The van der Waals surface area contributed by atoms with Gasteiger partial charge in [-0.1, -0.05) is 19.1 Å². The van der Waals surface area contributed by atoms with Crippen LogP contribution in [0.1, 0.15) is 31.9 Å². The van der Waals surface area contributed by atoms with Crippen molar-refractivity contribution in [3.05, 3.63) is 29.8 Å². The van der Waals surface area contributed by atoms with Gasteiger partial charge in [-0.25, -0.2) is 0 Å². The predicted molar refractivity (Wildman–Crippen MR) is 62.2 cm³/mol. The summed E-state index contributed by atoms with van der Waals surface area (Å²) in [6, 6.07) is 7.33. The van der Waals surface area contributed by atoms with E-state index >= 15 is 0 Å². The highest BCUT2D eigenvalue weighted by molar-refractivity contribution is 5.85. The molecule has 0 saturated heterocycles. The first kappa shape index (κ1) is 13.9. The van der Waals surface area contributed by atoms with Crippen LogP contribution in [-0.4, -0.2) is 5.97 Å². The first-order valence-electron chi connectivity index (χ1n) is 4.67. The Kier molecular flexibility index (Phi) is 5.97. The lowest BCUT2D eigenvalue weighted by Gasteiger charge is -2.09. The molecule has 15 heavy (non-hydrogen) atoms. The standard InChI is InChI=1S/C11H15NO2.ClH/c1-3-11(12)9-4-6-10(7-5-9)14-8(2)13;/h4-7,11H,3,12H2,1-2H3;1H/t11-;/m0./s1. The van der Waals surface area contributed by atoms with Crippen LogP contribution in [0.5, 0.6) is 5.75 Å². The summed E-state index contributed by atoms with van der Waals surface area (Å²) in [5.74, 6) is 0.252. The lowest BCUT2D eigenvalue weighted by Crippen LogP contribution is -2.08. The van der Waals surface area contributed by atoms with Gasteiger partial charge >= 0.3 is 5.97 Å². The molecule has 0 aliphatic rings. The molecular weight excluding hydrogens is 214 g/mol. The molecule has 1 atom stereocenters. The average molecular weight is 230 g/mol. The molecule has 0 unspecified atom stereocenters. The molecule has 2 N–H and O–H groups in total. The summed E-state index contributed by atoms with van der Waals surface area (Å²) >= 11 is 0. The Balaban J connectivity index is 0.00000196. The van der Waals surface area contributed by atoms with E-state index in [1.807, 2.05) is 19.1 Å². The van der Waals surface area contributed by atoms with E-state index in [0.29, 0.717) is 5.75 Å². The fraction of sp³-hybridized carbons (Fsp3) is 0.364. The molecule has 0 heterocycles. The van der Waals surface area contributed by atoms with Gasteiger partial charge in [-0.2, -0.15) is 0 Å². The predicted octanol–water partition coefficient (Wildman–Crippen LogP) is 2.44. The minimum absolute atomic E-state index is 0. The summed E-state index contributed by atoms with van der Waals surface area (Å²) < 4.78 is 4.90. The van der Waals surface area contributed by atoms with Crippen molar-refractivity contribution in [1.82, 2.24) is 0 Å². The average Bonchev–Trinajstić information content (AvgIpc) is 2.17. The number of rotatable bonds is 3. The number of hydrogen-bond donors (Lipinski definition) is 1. The van der Waals surface area contributed by atoms with Gasteiger partial charge in [-0.15, -0.1) is 12.4 Å². The Hall–Kier alpha value is -1.06. The molecule has 0 aliphatic heterocycles. The van der Waals surface area contributed by atoms with Crippen molar-refractivity contribution in [3.63, 3.8) is 0 Å². The second-order valence-corrected chi connectivity index (χ2v) is 3.18. The van der Waals surface area contributed by atoms with Crippen LogP contribution in [0, 0.1) is 0 Å². The summed E-state index contributed by atoms with van der Waals surface area (Å²) in [7, 11) is 0. The van der Waals surface area contributed by atoms with E-state index in [-0.39, 0.29) is 24.4 Å². The lowest BCUT2D eigenvalue weighted by molar-refractivity contribution is -0.131. The Morgan fingerprint density at radius 3 is 2.33 bits per heavy atom. The molecule has 0 spiro atoms. The van der Waals surface area contributed by atoms with Crippen LogP contribution in [-0.2, 0) is 4.79 Å². The van der Waals surface area contributed by atoms with Gasteiger partial charge in [0.25, 0.3) is 0 Å². The number of carbonyl (C=O) groups excluding carboxylic acids is 1. The van der Waals surface area contributed by atoms with Gasteiger partial charge in [0, 0.05) is 13.0 Å². The molecule has 0 amide bonds. The zero-order chi connectivity index (χ0) is 10.6. The monoisotopic (exact) mass is 229 g/mol. The van der Waals surface area contributed by atoms with E-state index in [1.165, 1.54) is 6.92 Å². The maximum Gasteiger partial charge on any atom is 0.308 e. The molecule has 4 heteroatoms. The number of benzene rings is 1. The van der Waals surface area contributed by atoms with Gasteiger partial charge in [0.15, 0.2) is 0 Å². The van der Waals surface area contributed by atoms with Crippen molar-refractivity contribution in [1.29, 1.82) is 0 Å². The van der Waals surface area contributed by atoms with Crippen LogP contribution in [0.25, 0.3) is 0 Å². The van der Waals surface area contributed by atoms with Crippen LogP contribution < -0.4 is 10.5 Å². The first-order chi connectivity index (χ1) is 6.63. The van der Waals surface area contributed by atoms with Crippen LogP contribution >= 0.6 is 12.4 Å². The van der Waals surface area contributed by atoms with Crippen molar-refractivity contribution in [2.75, 3.05) is 0 Å². The van der Waals surface area contributed by atoms with E-state index in [0.717, 1.165) is 12.0 Å². The van der Waals surface area contributed by atoms with Gasteiger partial charge in [0.2, 0.25) is 0 Å². The van der Waals surface area contributed by atoms with Gasteiger partial charge < -0.3 is 10.5 Å². The zero-order valence-corrected chi connectivity index (χ0v) is 9.71. The molecule has 0 aromatic heterocycles. The minimum Gasteiger partial charge on any atom is -0.427 e. The third-order valence-electron chi connectivity index (χ3n) is 2.01. The summed E-state index contributed by atoms with van der Waals surface area (Å²) in [6.07, 6.45) is 0.896. The molecule has 1 aromatic rings. The maximum atomic E-state index is 10.6. The van der Waals surface area contributed by atoms with Gasteiger partial charge in [-0.05, 0) is 24.1 Å². The Morgan fingerprint density at radius 1 is 1.40 bits per heavy atom. The van der Waals surface area contributed by atoms with Crippen LogP contribution in [0.3, 0.4) is 0 Å². The highest BCUT2D eigenvalue weighted by Gasteiger charge is 2.03. The van der Waals surface area contributed by atoms with Crippen molar-refractivity contribution < 1.29 is 9.53 Å². The molecule has 3 nitrogen and oxygen atoms in total. The van der Waals surface area contributed by atoms with E-state index in [4.69, 9.17) is 10.5 Å². The van der Waals surface area contributed by atoms with Crippen LogP contribution in [0.2, 0.25) is 0 Å². The maximum absolute atomic E-state index is 10.6. The number of ether oxygens (including phenoxy) is 1. The summed E-state index contributed by atoms with van der Waals surface area (Å²) in [5, 5.41) is 0. The van der Waals surface area contributed by atoms with Crippen molar-refractivity contribution in [2.24, 2.45) is 5.73 Å². The normalized spacial score (nSPS) is 11.4. The number of esters is 1. The third kappa shape index (κ3) is 4.32. The summed E-state index contributed by atoms with van der Waals surface area (Å²) in [4.78, 5) is 10.6. The number of halogens is 1. The third-order valence-corrected chi connectivity index (χ3v) is 2.01. The molecule has 0 fully saturated rings. The minimum atomic E-state index is -0.308. The molecular formula is C11H16ClNO2. The smallest absolute Gasteiger partial charge is 0.308 e. The van der Waals surface area contributed by atoms with Gasteiger partial charge in [0.05, 0.1) is 0 Å². The molecule has 0 aliphatic carbocycles. The molecule has 0 radical (unpaired) electrons. The van der Waals surface area contributed by atoms with Crippen LogP contribution in [0.4, 0.5) is 0 Å². The molecule has 84 valence electrons. The lowest BCUT2D eigenvalue weighted by atomic mass is 10.1. The van der Waals surface area contributed by atoms with E-state index < -0.39 is 0 Å². The zero-order valence-electron chi connectivity index (χ0n) is 8.90. The summed E-state index contributed by atoms with van der Waals surface area (Å²) in [5.41, 5.74) is 6.90. The van der Waals surface area contributed by atoms with Crippen molar-refractivity contribution in [3.8, 4) is 5.75 Å². The Morgan fingerprint density at radius 2 is 1.93 bits per heavy atom. The Bertz CT molecular complexity index is 311. The van der Waals surface area contributed by atoms with E-state index in [9.17, 15) is 4.79 Å². The molecule has 0 saturated carbocycles. The quantitative estimate of drug-likeness (QED) is 0.640. The van der Waals surface area contributed by atoms with Crippen molar-refractivity contribution in [2.45, 2.75) is 26.3 Å². The fourth-order valence-corrected chi connectivity index (χ4v) is 1.18. The molecule has 1 aromatic carbocycles. The number of hydrogen-bond acceptors (Lipinski definition) is 3. The number of carbonyl (C=O) groups is 1. The van der Waals surface area contributed by atoms with Crippen molar-refractivity contribution >= 4 is 18.4 Å². The highest BCUT2D eigenvalue weighted by Crippen LogP contribution is 2.18. The second kappa shape index (κ2) is 6.43. The largest absolute Gasteiger partial charge is 0.427 e. The fourth-order valence-electron chi connectivity index (χ4n) is 1.18. The van der Waals surface area contributed by atoms with E-state index in [2.05, 4.69) is 0 Å². The van der Waals surface area contributed by atoms with E-state index in [1.54, 1.807) is 12.1 Å². The first-order valence-corrected chi connectivity index (χ1v) is 4.67. The van der Waals surface area contributed by atoms with Gasteiger partial charge in [0.1, 0.15) is 5.75 Å². The molecule has 0 bridgehead atoms. The Labute approximate surface area is 96.0 Å². The molecule has 1 rings (SSSR count). The number of nitrogens with two attached hydrogens (primary N) is 1. The second-order valence-electron chi connectivity index (χ2n) is 3.18. The topological polar surface area (TPSA) is 52.3 Å². The summed E-state index contributed by atoms with van der Waals surface area (Å²) in [6.45, 7) is 3.41. The SMILES string of the molecule is CC[C@H](N)c1ccc(OC(C)=O)cc1.Cl.